The molecule has 0 aromatic heterocycles. The molecule has 0 aliphatic carbocycles. The number of amides is 1. The Morgan fingerprint density at radius 2 is 1.68 bits per heavy atom. The van der Waals surface area contributed by atoms with Crippen molar-refractivity contribution in [2.75, 3.05) is 38.0 Å². The summed E-state index contributed by atoms with van der Waals surface area (Å²) in [7, 11) is -3.79. The minimum Gasteiger partial charge on any atom is -0.325 e. The molecule has 0 atom stereocenters. The zero-order valence-electron chi connectivity index (χ0n) is 14.7. The fraction of sp³-hybridized carbons (Fsp3) is 0.278. The van der Waals surface area contributed by atoms with E-state index < -0.39 is 21.7 Å². The summed E-state index contributed by atoms with van der Waals surface area (Å²) in [4.78, 5) is 13.9. The van der Waals surface area contributed by atoms with Gasteiger partial charge in [-0.25, -0.2) is 17.2 Å². The molecule has 1 aliphatic rings. The molecule has 2 aromatic rings. The van der Waals surface area contributed by atoms with E-state index in [2.05, 4.69) is 5.32 Å². The molecule has 0 unspecified atom stereocenters. The van der Waals surface area contributed by atoms with Crippen LogP contribution in [0.15, 0.2) is 47.4 Å². The van der Waals surface area contributed by atoms with Crippen LogP contribution in [0, 0.1) is 11.6 Å². The van der Waals surface area contributed by atoms with Crippen LogP contribution in [0.5, 0.6) is 0 Å². The first-order chi connectivity index (χ1) is 13.3. The van der Waals surface area contributed by atoms with Gasteiger partial charge >= 0.3 is 0 Å². The number of anilines is 1. The van der Waals surface area contributed by atoms with E-state index in [1.807, 2.05) is 4.90 Å². The number of hydrogen-bond donors (Lipinski definition) is 1. The van der Waals surface area contributed by atoms with E-state index in [4.69, 9.17) is 11.6 Å². The standard InChI is InChI=1S/C18H18ClF2N3O3S/c19-16-11-15(5-6-17(16)21)28(26,27)24-9-7-23(8-10-24)12-18(25)22-14-3-1-13(20)2-4-14/h1-6,11H,7-10,12H2,(H,22,25). The van der Waals surface area contributed by atoms with Crippen molar-refractivity contribution in [2.45, 2.75) is 4.90 Å². The molecule has 0 saturated carbocycles. The van der Waals surface area contributed by atoms with Crippen molar-refractivity contribution < 1.29 is 22.0 Å². The monoisotopic (exact) mass is 429 g/mol. The van der Waals surface area contributed by atoms with Gasteiger partial charge in [0.1, 0.15) is 11.6 Å². The van der Waals surface area contributed by atoms with Gasteiger partial charge in [-0.2, -0.15) is 4.31 Å². The summed E-state index contributed by atoms with van der Waals surface area (Å²) in [5, 5.41) is 2.41. The highest BCUT2D eigenvalue weighted by molar-refractivity contribution is 7.89. The predicted octanol–water partition coefficient (Wildman–Crippen LogP) is 2.56. The number of halogens is 3. The molecule has 1 aliphatic heterocycles. The van der Waals surface area contributed by atoms with Crippen molar-refractivity contribution in [3.8, 4) is 0 Å². The van der Waals surface area contributed by atoms with E-state index in [0.717, 1.165) is 12.1 Å². The van der Waals surface area contributed by atoms with Gasteiger partial charge in [-0.3, -0.25) is 9.69 Å². The van der Waals surface area contributed by atoms with Crippen molar-refractivity contribution >= 4 is 33.2 Å². The third-order valence-electron chi connectivity index (χ3n) is 4.36. The number of sulfonamides is 1. The van der Waals surface area contributed by atoms with Crippen LogP contribution in [0.3, 0.4) is 0 Å². The highest BCUT2D eigenvalue weighted by Crippen LogP contribution is 2.23. The number of benzene rings is 2. The molecular formula is C18H18ClF2N3O3S. The van der Waals surface area contributed by atoms with Crippen LogP contribution in [0.2, 0.25) is 5.02 Å². The first-order valence-electron chi connectivity index (χ1n) is 8.49. The minimum atomic E-state index is -3.79. The first kappa shape index (κ1) is 20.7. The van der Waals surface area contributed by atoms with Crippen molar-refractivity contribution in [2.24, 2.45) is 0 Å². The quantitative estimate of drug-likeness (QED) is 0.793. The smallest absolute Gasteiger partial charge is 0.243 e. The van der Waals surface area contributed by atoms with E-state index in [-0.39, 0.29) is 35.5 Å². The van der Waals surface area contributed by atoms with E-state index in [1.54, 1.807) is 0 Å². The van der Waals surface area contributed by atoms with Gasteiger partial charge in [0.2, 0.25) is 15.9 Å². The third kappa shape index (κ3) is 4.85. The number of rotatable bonds is 5. The summed E-state index contributed by atoms with van der Waals surface area (Å²) in [6.07, 6.45) is 0. The van der Waals surface area contributed by atoms with Gasteiger partial charge in [0.25, 0.3) is 0 Å². The van der Waals surface area contributed by atoms with Gasteiger partial charge in [0.15, 0.2) is 0 Å². The summed E-state index contributed by atoms with van der Waals surface area (Å²) in [6.45, 7) is 1.21. The van der Waals surface area contributed by atoms with Gasteiger partial charge in [0.05, 0.1) is 16.5 Å². The molecule has 1 amide bonds. The Morgan fingerprint density at radius 3 is 2.29 bits per heavy atom. The zero-order chi connectivity index (χ0) is 20.3. The minimum absolute atomic E-state index is 0.0681. The molecule has 6 nitrogen and oxygen atoms in total. The summed E-state index contributed by atoms with van der Waals surface area (Å²) in [6, 6.07) is 8.72. The number of carbonyl (C=O) groups is 1. The van der Waals surface area contributed by atoms with Gasteiger partial charge in [-0.05, 0) is 42.5 Å². The largest absolute Gasteiger partial charge is 0.325 e. The molecule has 1 fully saturated rings. The molecule has 3 rings (SSSR count). The van der Waals surface area contributed by atoms with E-state index >= 15 is 0 Å². The molecule has 150 valence electrons. The Balaban J connectivity index is 1.55. The number of piperazine rings is 1. The molecule has 0 spiro atoms. The summed E-state index contributed by atoms with van der Waals surface area (Å²) < 4.78 is 52.8. The highest BCUT2D eigenvalue weighted by Gasteiger charge is 2.29. The number of hydrogen-bond acceptors (Lipinski definition) is 4. The molecule has 0 radical (unpaired) electrons. The van der Waals surface area contributed by atoms with Crippen molar-refractivity contribution in [3.63, 3.8) is 0 Å². The highest BCUT2D eigenvalue weighted by atomic mass is 35.5. The molecule has 10 heteroatoms. The number of carbonyl (C=O) groups excluding carboxylic acids is 1. The van der Waals surface area contributed by atoms with Gasteiger partial charge < -0.3 is 5.32 Å². The lowest BCUT2D eigenvalue weighted by molar-refractivity contribution is -0.117. The molecule has 1 saturated heterocycles. The van der Waals surface area contributed by atoms with Crippen LogP contribution in [0.4, 0.5) is 14.5 Å². The third-order valence-corrected chi connectivity index (χ3v) is 6.54. The second-order valence-corrected chi connectivity index (χ2v) is 8.66. The lowest BCUT2D eigenvalue weighted by atomic mass is 10.3. The Morgan fingerprint density at radius 1 is 1.04 bits per heavy atom. The lowest BCUT2D eigenvalue weighted by Crippen LogP contribution is -2.50. The van der Waals surface area contributed by atoms with Crippen LogP contribution in [-0.4, -0.2) is 56.3 Å². The van der Waals surface area contributed by atoms with E-state index in [0.29, 0.717) is 18.8 Å². The van der Waals surface area contributed by atoms with Gasteiger partial charge in [-0.1, -0.05) is 11.6 Å². The SMILES string of the molecule is O=C(CN1CCN(S(=O)(=O)c2ccc(F)c(Cl)c2)CC1)Nc1ccc(F)cc1. The van der Waals surface area contributed by atoms with E-state index in [1.165, 1.54) is 34.6 Å². The van der Waals surface area contributed by atoms with Crippen molar-refractivity contribution in [1.29, 1.82) is 0 Å². The second-order valence-electron chi connectivity index (χ2n) is 6.31. The predicted molar refractivity (Wildman–Crippen MR) is 102 cm³/mol. The Bertz CT molecular complexity index is 963. The van der Waals surface area contributed by atoms with Crippen molar-refractivity contribution in [1.82, 2.24) is 9.21 Å². The Kier molecular flexibility index (Phi) is 6.29. The summed E-state index contributed by atoms with van der Waals surface area (Å²) in [5.74, 6) is -1.34. The van der Waals surface area contributed by atoms with Crippen LogP contribution in [0.25, 0.3) is 0 Å². The topological polar surface area (TPSA) is 69.7 Å². The molecule has 1 N–H and O–H groups in total. The first-order valence-corrected chi connectivity index (χ1v) is 10.3. The van der Waals surface area contributed by atoms with Crippen LogP contribution in [-0.2, 0) is 14.8 Å². The van der Waals surface area contributed by atoms with Gasteiger partial charge in [-0.15, -0.1) is 0 Å². The Hall–Kier alpha value is -2.07. The molecular weight excluding hydrogens is 412 g/mol. The number of nitrogens with one attached hydrogen (secondary N) is 1. The lowest BCUT2D eigenvalue weighted by Gasteiger charge is -2.33. The maximum Gasteiger partial charge on any atom is 0.243 e. The maximum atomic E-state index is 13.3. The molecule has 0 bridgehead atoms. The zero-order valence-corrected chi connectivity index (χ0v) is 16.3. The molecule has 1 heterocycles. The second kappa shape index (κ2) is 8.52. The maximum absolute atomic E-state index is 13.3. The Labute approximate surface area is 166 Å². The molecule has 2 aromatic carbocycles. The number of nitrogens with zero attached hydrogens (tertiary/aromatic N) is 2. The fourth-order valence-corrected chi connectivity index (χ4v) is 4.55. The van der Waals surface area contributed by atoms with Crippen molar-refractivity contribution in [3.05, 3.63) is 59.1 Å². The summed E-state index contributed by atoms with van der Waals surface area (Å²) in [5.41, 5.74) is 0.487. The van der Waals surface area contributed by atoms with Gasteiger partial charge in [0, 0.05) is 31.9 Å². The van der Waals surface area contributed by atoms with Crippen LogP contribution in [0.1, 0.15) is 0 Å². The summed E-state index contributed by atoms with van der Waals surface area (Å²) >= 11 is 5.68. The van der Waals surface area contributed by atoms with Crippen LogP contribution >= 0.6 is 11.6 Å². The normalized spacial score (nSPS) is 16.1. The average Bonchev–Trinajstić information content (AvgIpc) is 2.66. The van der Waals surface area contributed by atoms with Crippen LogP contribution < -0.4 is 5.32 Å². The average molecular weight is 430 g/mol. The van der Waals surface area contributed by atoms with E-state index in [9.17, 15) is 22.0 Å². The molecule has 28 heavy (non-hydrogen) atoms. The fourth-order valence-electron chi connectivity index (χ4n) is 2.85.